The molecule has 0 aromatic heterocycles. The lowest BCUT2D eigenvalue weighted by Crippen LogP contribution is -2.27. The number of alkyl halides is 2. The van der Waals surface area contributed by atoms with Crippen molar-refractivity contribution in [3.05, 3.63) is 23.9 Å². The predicted octanol–water partition coefficient (Wildman–Crippen LogP) is 3.48. The van der Waals surface area contributed by atoms with Gasteiger partial charge >= 0.3 is 5.97 Å². The third-order valence-corrected chi connectivity index (χ3v) is 3.55. The summed E-state index contributed by atoms with van der Waals surface area (Å²) in [5.41, 5.74) is 1.18. The van der Waals surface area contributed by atoms with Crippen molar-refractivity contribution in [1.82, 2.24) is 4.90 Å². The Morgan fingerprint density at radius 2 is 2.05 bits per heavy atom. The third kappa shape index (κ3) is 6.35. The fraction of sp³-hybridized carbons (Fsp3) is 0.643. The normalized spacial score (nSPS) is 18.2. The number of rotatable bonds is 9. The van der Waals surface area contributed by atoms with Gasteiger partial charge in [-0.25, -0.2) is 0 Å². The summed E-state index contributed by atoms with van der Waals surface area (Å²) in [7, 11) is 0. The number of carboxylic acid groups (broad SMARTS) is 1. The first-order valence-electron chi connectivity index (χ1n) is 6.64. The molecule has 0 aromatic carbocycles. The Kier molecular flexibility index (Phi) is 7.99. The van der Waals surface area contributed by atoms with Gasteiger partial charge in [0.25, 0.3) is 0 Å². The van der Waals surface area contributed by atoms with Crippen LogP contribution in [-0.2, 0) is 4.79 Å². The van der Waals surface area contributed by atoms with Gasteiger partial charge in [0.2, 0.25) is 0 Å². The van der Waals surface area contributed by atoms with Crippen molar-refractivity contribution in [3.8, 4) is 0 Å². The van der Waals surface area contributed by atoms with Gasteiger partial charge in [-0.1, -0.05) is 12.2 Å². The maximum Gasteiger partial charge on any atom is 0.303 e. The SMILES string of the molecule is O=C(O)CCCC1C=CC(N(CCCl)CCCl)=CC1. The van der Waals surface area contributed by atoms with Crippen molar-refractivity contribution in [3.63, 3.8) is 0 Å². The van der Waals surface area contributed by atoms with E-state index in [0.29, 0.717) is 17.7 Å². The van der Waals surface area contributed by atoms with Crippen molar-refractivity contribution in [2.24, 2.45) is 5.92 Å². The summed E-state index contributed by atoms with van der Waals surface area (Å²) < 4.78 is 0. The molecule has 0 amide bonds. The number of halogens is 2. The van der Waals surface area contributed by atoms with E-state index in [2.05, 4.69) is 23.1 Å². The topological polar surface area (TPSA) is 40.5 Å². The number of allylic oxidation sites excluding steroid dienone is 3. The molecular weight excluding hydrogens is 285 g/mol. The van der Waals surface area contributed by atoms with Gasteiger partial charge in [-0.05, 0) is 31.3 Å². The first-order valence-corrected chi connectivity index (χ1v) is 7.71. The zero-order chi connectivity index (χ0) is 14.1. The molecule has 1 N–H and O–H groups in total. The van der Waals surface area contributed by atoms with Crippen LogP contribution in [0.2, 0.25) is 0 Å². The molecule has 3 nitrogen and oxygen atoms in total. The number of nitrogens with zero attached hydrogens (tertiary/aromatic N) is 1. The summed E-state index contributed by atoms with van der Waals surface area (Å²) in [4.78, 5) is 12.6. The van der Waals surface area contributed by atoms with Gasteiger partial charge in [-0.3, -0.25) is 4.79 Å². The van der Waals surface area contributed by atoms with Crippen molar-refractivity contribution >= 4 is 29.2 Å². The highest BCUT2D eigenvalue weighted by molar-refractivity contribution is 6.18. The standard InChI is InChI=1S/C14H21Cl2NO2/c15-8-10-17(11-9-16)13-6-4-12(5-7-13)2-1-3-14(18)19/h4,6-7,12H,1-3,5,8-11H2,(H,18,19). The molecule has 1 atom stereocenters. The maximum atomic E-state index is 10.5. The van der Waals surface area contributed by atoms with E-state index in [4.69, 9.17) is 28.3 Å². The van der Waals surface area contributed by atoms with Crippen LogP contribution in [0, 0.1) is 5.92 Å². The first-order chi connectivity index (χ1) is 9.17. The van der Waals surface area contributed by atoms with Gasteiger partial charge < -0.3 is 10.0 Å². The van der Waals surface area contributed by atoms with E-state index in [1.165, 1.54) is 5.70 Å². The van der Waals surface area contributed by atoms with E-state index in [-0.39, 0.29) is 6.42 Å². The summed E-state index contributed by atoms with van der Waals surface area (Å²) in [5.74, 6) is 0.914. The number of hydrogen-bond acceptors (Lipinski definition) is 2. The molecule has 19 heavy (non-hydrogen) atoms. The summed E-state index contributed by atoms with van der Waals surface area (Å²) in [6, 6.07) is 0. The van der Waals surface area contributed by atoms with E-state index < -0.39 is 5.97 Å². The fourth-order valence-corrected chi connectivity index (χ4v) is 2.60. The molecule has 5 heteroatoms. The zero-order valence-electron chi connectivity index (χ0n) is 11.0. The lowest BCUT2D eigenvalue weighted by molar-refractivity contribution is -0.137. The van der Waals surface area contributed by atoms with E-state index >= 15 is 0 Å². The molecule has 108 valence electrons. The van der Waals surface area contributed by atoms with Crippen LogP contribution in [0.4, 0.5) is 0 Å². The van der Waals surface area contributed by atoms with Gasteiger partial charge in [0.15, 0.2) is 0 Å². The highest BCUT2D eigenvalue weighted by Crippen LogP contribution is 2.23. The Balaban J connectivity index is 2.39. The minimum Gasteiger partial charge on any atom is -0.481 e. The molecule has 0 spiro atoms. The van der Waals surface area contributed by atoms with Gasteiger partial charge in [0.05, 0.1) is 0 Å². The number of hydrogen-bond donors (Lipinski definition) is 1. The van der Waals surface area contributed by atoms with Gasteiger partial charge in [-0.15, -0.1) is 23.2 Å². The average molecular weight is 306 g/mol. The summed E-state index contributed by atoms with van der Waals surface area (Å²) in [5, 5.41) is 8.61. The molecule has 1 unspecified atom stereocenters. The average Bonchev–Trinajstić information content (AvgIpc) is 2.39. The molecule has 1 aliphatic carbocycles. The highest BCUT2D eigenvalue weighted by atomic mass is 35.5. The van der Waals surface area contributed by atoms with Crippen LogP contribution < -0.4 is 0 Å². The molecule has 0 bridgehead atoms. The molecule has 0 heterocycles. The summed E-state index contributed by atoms with van der Waals surface area (Å²) in [6.07, 6.45) is 9.36. The molecule has 1 aliphatic rings. The number of carboxylic acids is 1. The minimum absolute atomic E-state index is 0.255. The van der Waals surface area contributed by atoms with Crippen molar-refractivity contribution < 1.29 is 9.90 Å². The Morgan fingerprint density at radius 3 is 2.53 bits per heavy atom. The lowest BCUT2D eigenvalue weighted by atomic mass is 9.93. The number of carbonyl (C=O) groups is 1. The van der Waals surface area contributed by atoms with E-state index in [1.54, 1.807) is 0 Å². The highest BCUT2D eigenvalue weighted by Gasteiger charge is 2.13. The monoisotopic (exact) mass is 305 g/mol. The van der Waals surface area contributed by atoms with Crippen LogP contribution in [0.25, 0.3) is 0 Å². The van der Waals surface area contributed by atoms with Crippen LogP contribution >= 0.6 is 23.2 Å². The van der Waals surface area contributed by atoms with Gasteiger partial charge in [0, 0.05) is 37.0 Å². The predicted molar refractivity (Wildman–Crippen MR) is 79.8 cm³/mol. The molecular formula is C14H21Cl2NO2. The second-order valence-electron chi connectivity index (χ2n) is 4.63. The summed E-state index contributed by atoms with van der Waals surface area (Å²) >= 11 is 11.6. The van der Waals surface area contributed by atoms with Crippen LogP contribution in [-0.4, -0.2) is 40.8 Å². The van der Waals surface area contributed by atoms with Gasteiger partial charge in [-0.2, -0.15) is 0 Å². The molecule has 0 saturated carbocycles. The van der Waals surface area contributed by atoms with E-state index in [9.17, 15) is 4.79 Å². The zero-order valence-corrected chi connectivity index (χ0v) is 12.5. The Bertz CT molecular complexity index is 336. The lowest BCUT2D eigenvalue weighted by Gasteiger charge is -2.27. The second-order valence-corrected chi connectivity index (χ2v) is 5.39. The molecule has 1 rings (SSSR count). The van der Waals surface area contributed by atoms with Crippen LogP contribution in [0.1, 0.15) is 25.7 Å². The molecule has 0 fully saturated rings. The summed E-state index contributed by atoms with van der Waals surface area (Å²) in [6.45, 7) is 1.60. The number of aliphatic carboxylic acids is 1. The fourth-order valence-electron chi connectivity index (χ4n) is 2.19. The van der Waals surface area contributed by atoms with Crippen LogP contribution in [0.3, 0.4) is 0 Å². The van der Waals surface area contributed by atoms with Gasteiger partial charge in [0.1, 0.15) is 0 Å². The van der Waals surface area contributed by atoms with E-state index in [0.717, 1.165) is 32.4 Å². The maximum absolute atomic E-state index is 10.5. The molecule has 0 radical (unpaired) electrons. The van der Waals surface area contributed by atoms with Crippen LogP contribution in [0.5, 0.6) is 0 Å². The molecule has 0 saturated heterocycles. The quantitative estimate of drug-likeness (QED) is 0.663. The minimum atomic E-state index is -0.716. The third-order valence-electron chi connectivity index (χ3n) is 3.21. The first kappa shape index (κ1) is 16.4. The molecule has 0 aromatic rings. The molecule has 0 aliphatic heterocycles. The van der Waals surface area contributed by atoms with Crippen molar-refractivity contribution in [2.45, 2.75) is 25.7 Å². The second kappa shape index (κ2) is 9.27. The van der Waals surface area contributed by atoms with Crippen molar-refractivity contribution in [1.29, 1.82) is 0 Å². The van der Waals surface area contributed by atoms with E-state index in [1.807, 2.05) is 0 Å². The Labute approximate surface area is 124 Å². The van der Waals surface area contributed by atoms with Crippen LogP contribution in [0.15, 0.2) is 23.9 Å². The Hall–Kier alpha value is -0.670. The Morgan fingerprint density at radius 1 is 1.37 bits per heavy atom. The largest absolute Gasteiger partial charge is 0.481 e. The smallest absolute Gasteiger partial charge is 0.303 e. The van der Waals surface area contributed by atoms with Crippen molar-refractivity contribution in [2.75, 3.05) is 24.8 Å².